The zero-order valence-corrected chi connectivity index (χ0v) is 10.5. The van der Waals surface area contributed by atoms with Gasteiger partial charge in [0.05, 0.1) is 12.3 Å². The van der Waals surface area contributed by atoms with Crippen LogP contribution in [0.25, 0.3) is 11.1 Å². The summed E-state index contributed by atoms with van der Waals surface area (Å²) in [5.74, 6) is 0.675. The van der Waals surface area contributed by atoms with Gasteiger partial charge < -0.3 is 4.74 Å². The van der Waals surface area contributed by atoms with E-state index >= 15 is 0 Å². The van der Waals surface area contributed by atoms with Crippen molar-refractivity contribution < 1.29 is 4.74 Å². The van der Waals surface area contributed by atoms with Gasteiger partial charge in [-0.2, -0.15) is 5.10 Å². The van der Waals surface area contributed by atoms with Gasteiger partial charge in [-0.05, 0) is 32.9 Å². The highest BCUT2D eigenvalue weighted by atomic mass is 16.5. The fourth-order valence-corrected chi connectivity index (χ4v) is 1.79. The molecule has 2 aromatic rings. The van der Waals surface area contributed by atoms with Crippen LogP contribution >= 0.6 is 0 Å². The Kier molecular flexibility index (Phi) is 3.42. The van der Waals surface area contributed by atoms with Gasteiger partial charge in [-0.3, -0.25) is 4.68 Å². The molecule has 0 saturated carbocycles. The summed E-state index contributed by atoms with van der Waals surface area (Å²) in [6.45, 7) is 7.52. The first kappa shape index (κ1) is 11.6. The normalized spacial score (nSPS) is 10.5. The first-order chi connectivity index (χ1) is 8.26. The van der Waals surface area contributed by atoms with Crippen molar-refractivity contribution in [3.8, 4) is 17.0 Å². The minimum atomic E-state index is 0.616. The Morgan fingerprint density at radius 3 is 2.76 bits per heavy atom. The molecule has 0 aliphatic heterocycles. The largest absolute Gasteiger partial charge is 0.478 e. The lowest BCUT2D eigenvalue weighted by molar-refractivity contribution is 0.328. The van der Waals surface area contributed by atoms with E-state index in [1.165, 1.54) is 0 Å². The first-order valence-electron chi connectivity index (χ1n) is 5.88. The Bertz CT molecular complexity index is 505. The van der Waals surface area contributed by atoms with Crippen LogP contribution in [0.5, 0.6) is 5.88 Å². The molecule has 0 saturated heterocycles. The lowest BCUT2D eigenvalue weighted by atomic mass is 10.1. The highest BCUT2D eigenvalue weighted by Gasteiger charge is 2.12. The summed E-state index contributed by atoms with van der Waals surface area (Å²) in [5, 5.41) is 4.44. The van der Waals surface area contributed by atoms with Gasteiger partial charge in [0.25, 0.3) is 0 Å². The summed E-state index contributed by atoms with van der Waals surface area (Å²) >= 11 is 0. The lowest BCUT2D eigenvalue weighted by Crippen LogP contribution is -1.96. The van der Waals surface area contributed by atoms with E-state index in [-0.39, 0.29) is 0 Å². The third kappa shape index (κ3) is 2.30. The van der Waals surface area contributed by atoms with E-state index in [1.54, 1.807) is 6.20 Å². The minimum Gasteiger partial charge on any atom is -0.478 e. The second-order valence-electron chi connectivity index (χ2n) is 3.77. The Balaban J connectivity index is 2.47. The Hall–Kier alpha value is -1.84. The first-order valence-corrected chi connectivity index (χ1v) is 5.88. The van der Waals surface area contributed by atoms with Crippen LogP contribution < -0.4 is 4.74 Å². The quantitative estimate of drug-likeness (QED) is 0.812. The second kappa shape index (κ2) is 4.99. The van der Waals surface area contributed by atoms with Gasteiger partial charge in [0, 0.05) is 30.1 Å². The molecule has 0 aromatic carbocycles. The van der Waals surface area contributed by atoms with Crippen molar-refractivity contribution in [1.29, 1.82) is 0 Å². The molecule has 2 aromatic heterocycles. The fourth-order valence-electron chi connectivity index (χ4n) is 1.79. The van der Waals surface area contributed by atoms with Gasteiger partial charge in [0.2, 0.25) is 5.88 Å². The Morgan fingerprint density at radius 2 is 2.12 bits per heavy atom. The van der Waals surface area contributed by atoms with Crippen LogP contribution in [0.3, 0.4) is 0 Å². The summed E-state index contributed by atoms with van der Waals surface area (Å²) in [4.78, 5) is 4.26. The molecule has 4 nitrogen and oxygen atoms in total. The second-order valence-corrected chi connectivity index (χ2v) is 3.77. The molecule has 0 radical (unpaired) electrons. The average molecular weight is 231 g/mol. The zero-order valence-electron chi connectivity index (χ0n) is 10.5. The number of nitrogens with zero attached hydrogens (tertiary/aromatic N) is 3. The van der Waals surface area contributed by atoms with E-state index in [0.717, 1.165) is 23.4 Å². The molecule has 0 unspecified atom stereocenters. The number of hydrogen-bond donors (Lipinski definition) is 0. The maximum Gasteiger partial charge on any atom is 0.221 e. The van der Waals surface area contributed by atoms with Crippen LogP contribution in [-0.4, -0.2) is 21.4 Å². The summed E-state index contributed by atoms with van der Waals surface area (Å²) in [5.41, 5.74) is 3.09. The highest BCUT2D eigenvalue weighted by Crippen LogP contribution is 2.29. The summed E-state index contributed by atoms with van der Waals surface area (Å²) in [6.07, 6.45) is 3.78. The molecular weight excluding hydrogens is 214 g/mol. The standard InChI is InChI=1S/C13H17N3O/c1-4-16-9-12(10(3)15-16)11-7-6-8-14-13(11)17-5-2/h6-9H,4-5H2,1-3H3. The SMILES string of the molecule is CCOc1ncccc1-c1cn(CC)nc1C. The van der Waals surface area contributed by atoms with Crippen LogP contribution in [-0.2, 0) is 6.54 Å². The molecular formula is C13H17N3O. The Labute approximate surface area is 101 Å². The molecule has 90 valence electrons. The molecule has 0 aliphatic carbocycles. The van der Waals surface area contributed by atoms with E-state index in [4.69, 9.17) is 4.74 Å². The maximum absolute atomic E-state index is 5.54. The topological polar surface area (TPSA) is 39.9 Å². The molecule has 0 spiro atoms. The van der Waals surface area contributed by atoms with Crippen LogP contribution in [0.4, 0.5) is 0 Å². The fraction of sp³-hybridized carbons (Fsp3) is 0.385. The number of aryl methyl sites for hydroxylation is 2. The summed E-state index contributed by atoms with van der Waals surface area (Å²) in [7, 11) is 0. The predicted molar refractivity (Wildman–Crippen MR) is 67.0 cm³/mol. The lowest BCUT2D eigenvalue weighted by Gasteiger charge is -2.07. The van der Waals surface area contributed by atoms with E-state index < -0.39 is 0 Å². The average Bonchev–Trinajstić information content (AvgIpc) is 2.72. The van der Waals surface area contributed by atoms with Crippen molar-refractivity contribution >= 4 is 0 Å². The van der Waals surface area contributed by atoms with Crippen LogP contribution in [0.1, 0.15) is 19.5 Å². The monoisotopic (exact) mass is 231 g/mol. The number of hydrogen-bond acceptors (Lipinski definition) is 3. The van der Waals surface area contributed by atoms with Crippen molar-refractivity contribution in [2.75, 3.05) is 6.61 Å². The van der Waals surface area contributed by atoms with Gasteiger partial charge in [-0.15, -0.1) is 0 Å². The number of rotatable bonds is 4. The maximum atomic E-state index is 5.54. The van der Waals surface area contributed by atoms with Gasteiger partial charge in [0.15, 0.2) is 0 Å². The van der Waals surface area contributed by atoms with E-state index in [2.05, 4.69) is 17.0 Å². The number of aromatic nitrogens is 3. The summed E-state index contributed by atoms with van der Waals surface area (Å²) < 4.78 is 7.47. The van der Waals surface area contributed by atoms with Crippen molar-refractivity contribution in [3.05, 3.63) is 30.2 Å². The molecule has 0 aliphatic rings. The van der Waals surface area contributed by atoms with Gasteiger partial charge in [0.1, 0.15) is 0 Å². The molecule has 0 fully saturated rings. The number of ether oxygens (including phenoxy) is 1. The molecule has 4 heteroatoms. The van der Waals surface area contributed by atoms with Gasteiger partial charge in [-0.25, -0.2) is 4.98 Å². The minimum absolute atomic E-state index is 0.616. The van der Waals surface area contributed by atoms with Crippen molar-refractivity contribution in [2.24, 2.45) is 0 Å². The third-order valence-electron chi connectivity index (χ3n) is 2.61. The van der Waals surface area contributed by atoms with Crippen LogP contribution in [0.2, 0.25) is 0 Å². The zero-order chi connectivity index (χ0) is 12.3. The Morgan fingerprint density at radius 1 is 1.29 bits per heavy atom. The molecule has 2 rings (SSSR count). The van der Waals surface area contributed by atoms with Crippen molar-refractivity contribution in [2.45, 2.75) is 27.3 Å². The van der Waals surface area contributed by atoms with E-state index in [9.17, 15) is 0 Å². The van der Waals surface area contributed by atoms with E-state index in [1.807, 2.05) is 36.9 Å². The van der Waals surface area contributed by atoms with Gasteiger partial charge in [-0.1, -0.05) is 0 Å². The summed E-state index contributed by atoms with van der Waals surface area (Å²) in [6, 6.07) is 3.93. The molecule has 0 amide bonds. The van der Waals surface area contributed by atoms with Crippen LogP contribution in [0.15, 0.2) is 24.5 Å². The smallest absolute Gasteiger partial charge is 0.221 e. The molecule has 0 N–H and O–H groups in total. The molecule has 17 heavy (non-hydrogen) atoms. The van der Waals surface area contributed by atoms with Crippen LogP contribution in [0, 0.1) is 6.92 Å². The van der Waals surface area contributed by atoms with E-state index in [0.29, 0.717) is 12.5 Å². The molecule has 0 bridgehead atoms. The molecule has 2 heterocycles. The third-order valence-corrected chi connectivity index (χ3v) is 2.61. The predicted octanol–water partition coefficient (Wildman–Crippen LogP) is 2.67. The van der Waals surface area contributed by atoms with Gasteiger partial charge >= 0.3 is 0 Å². The number of pyridine rings is 1. The van der Waals surface area contributed by atoms with Crippen molar-refractivity contribution in [3.63, 3.8) is 0 Å². The highest BCUT2D eigenvalue weighted by molar-refractivity contribution is 5.69. The van der Waals surface area contributed by atoms with Crippen molar-refractivity contribution in [1.82, 2.24) is 14.8 Å². The molecule has 0 atom stereocenters.